The van der Waals surface area contributed by atoms with E-state index in [2.05, 4.69) is 9.97 Å². The van der Waals surface area contributed by atoms with Gasteiger partial charge in [0.1, 0.15) is 11.9 Å². The van der Waals surface area contributed by atoms with Crippen LogP contribution >= 0.6 is 0 Å². The number of aromatic nitrogens is 2. The Hall–Kier alpha value is -2.67. The number of pyridine rings is 2. The molecular formula is C14H10N4. The highest BCUT2D eigenvalue weighted by molar-refractivity contribution is 6.05. The van der Waals surface area contributed by atoms with Gasteiger partial charge < -0.3 is 5.73 Å². The summed E-state index contributed by atoms with van der Waals surface area (Å²) in [6, 6.07) is 11.6. The summed E-state index contributed by atoms with van der Waals surface area (Å²) >= 11 is 0. The molecule has 4 nitrogen and oxygen atoms in total. The molecule has 0 fully saturated rings. The quantitative estimate of drug-likeness (QED) is 0.606. The fourth-order valence-corrected chi connectivity index (χ4v) is 2.11. The molecule has 4 heteroatoms. The minimum atomic E-state index is 0.265. The van der Waals surface area contributed by atoms with Gasteiger partial charge in [-0.15, -0.1) is 0 Å². The van der Waals surface area contributed by atoms with Crippen molar-refractivity contribution in [2.75, 3.05) is 5.73 Å². The number of nitriles is 1. The van der Waals surface area contributed by atoms with Gasteiger partial charge >= 0.3 is 0 Å². The number of benzene rings is 1. The second-order valence-corrected chi connectivity index (χ2v) is 4.14. The molecule has 0 spiro atoms. The van der Waals surface area contributed by atoms with E-state index in [1.807, 2.05) is 37.3 Å². The minimum absolute atomic E-state index is 0.265. The highest BCUT2D eigenvalue weighted by atomic mass is 14.8. The molecule has 0 saturated carbocycles. The largest absolute Gasteiger partial charge is 0.383 e. The van der Waals surface area contributed by atoms with Gasteiger partial charge in [0.15, 0.2) is 0 Å². The third-order valence-corrected chi connectivity index (χ3v) is 3.01. The van der Waals surface area contributed by atoms with Gasteiger partial charge in [0, 0.05) is 16.5 Å². The van der Waals surface area contributed by atoms with E-state index < -0.39 is 0 Å². The van der Waals surface area contributed by atoms with Crippen LogP contribution in [0.15, 0.2) is 30.3 Å². The molecule has 0 unspecified atom stereocenters. The van der Waals surface area contributed by atoms with Crippen LogP contribution in [0.5, 0.6) is 0 Å². The first-order chi connectivity index (χ1) is 8.70. The zero-order valence-electron chi connectivity index (χ0n) is 9.81. The number of nitrogens with zero attached hydrogens (tertiary/aromatic N) is 3. The van der Waals surface area contributed by atoms with Crippen LogP contribution in [0.4, 0.5) is 5.82 Å². The number of nitrogens with two attached hydrogens (primary N) is 1. The number of rotatable bonds is 0. The normalized spacial score (nSPS) is 10.7. The number of hydrogen-bond acceptors (Lipinski definition) is 4. The highest BCUT2D eigenvalue weighted by Crippen LogP contribution is 2.26. The number of nitrogen functional groups attached to an aromatic ring is 1. The first-order valence-corrected chi connectivity index (χ1v) is 5.56. The topological polar surface area (TPSA) is 75.6 Å². The van der Waals surface area contributed by atoms with Crippen molar-refractivity contribution in [3.05, 3.63) is 41.6 Å². The summed E-state index contributed by atoms with van der Waals surface area (Å²) in [5, 5.41) is 10.8. The third kappa shape index (κ3) is 1.38. The zero-order chi connectivity index (χ0) is 12.7. The lowest BCUT2D eigenvalue weighted by atomic mass is 10.1. The Kier molecular flexibility index (Phi) is 2.14. The van der Waals surface area contributed by atoms with Crippen LogP contribution < -0.4 is 5.73 Å². The summed E-state index contributed by atoms with van der Waals surface area (Å²) in [7, 11) is 0. The van der Waals surface area contributed by atoms with E-state index in [-0.39, 0.29) is 5.82 Å². The lowest BCUT2D eigenvalue weighted by molar-refractivity contribution is 1.27. The molecule has 86 valence electrons. The summed E-state index contributed by atoms with van der Waals surface area (Å²) in [6.07, 6.45) is 0. The first kappa shape index (κ1) is 10.5. The summed E-state index contributed by atoms with van der Waals surface area (Å²) in [4.78, 5) is 8.87. The van der Waals surface area contributed by atoms with E-state index in [0.717, 1.165) is 27.5 Å². The predicted octanol–water partition coefficient (Wildman–Crippen LogP) is 2.55. The van der Waals surface area contributed by atoms with Gasteiger partial charge in [0.05, 0.1) is 16.6 Å². The van der Waals surface area contributed by atoms with Gasteiger partial charge in [-0.05, 0) is 19.1 Å². The maximum atomic E-state index is 8.99. The molecule has 0 aliphatic heterocycles. The second kappa shape index (κ2) is 3.67. The monoisotopic (exact) mass is 234 g/mol. The molecule has 0 amide bonds. The van der Waals surface area contributed by atoms with Crippen molar-refractivity contribution in [2.24, 2.45) is 0 Å². The van der Waals surface area contributed by atoms with Crippen LogP contribution in [-0.2, 0) is 0 Å². The third-order valence-electron chi connectivity index (χ3n) is 3.01. The standard InChI is InChI=1S/C14H10N4/c1-8-11-6-9(7-15)14(16)18-13(11)10-4-2-3-5-12(10)17-8/h2-6H,1H3,(H2,16,18). The van der Waals surface area contributed by atoms with E-state index in [9.17, 15) is 0 Å². The number of anilines is 1. The molecule has 2 N–H and O–H groups in total. The van der Waals surface area contributed by atoms with E-state index >= 15 is 0 Å². The van der Waals surface area contributed by atoms with Crippen LogP contribution in [0.2, 0.25) is 0 Å². The summed E-state index contributed by atoms with van der Waals surface area (Å²) < 4.78 is 0. The smallest absolute Gasteiger partial charge is 0.142 e. The van der Waals surface area contributed by atoms with Crippen LogP contribution in [-0.4, -0.2) is 9.97 Å². The maximum absolute atomic E-state index is 8.99. The average molecular weight is 234 g/mol. The van der Waals surface area contributed by atoms with Gasteiger partial charge in [0.2, 0.25) is 0 Å². The molecule has 3 rings (SSSR count). The van der Waals surface area contributed by atoms with Crippen LogP contribution in [0.1, 0.15) is 11.3 Å². The number of para-hydroxylation sites is 1. The fourth-order valence-electron chi connectivity index (χ4n) is 2.11. The average Bonchev–Trinajstić information content (AvgIpc) is 2.38. The second-order valence-electron chi connectivity index (χ2n) is 4.14. The van der Waals surface area contributed by atoms with Gasteiger partial charge in [-0.3, -0.25) is 4.98 Å². The van der Waals surface area contributed by atoms with Crippen molar-refractivity contribution < 1.29 is 0 Å². The summed E-state index contributed by atoms with van der Waals surface area (Å²) in [6.45, 7) is 1.91. The van der Waals surface area contributed by atoms with Gasteiger partial charge in [-0.2, -0.15) is 5.26 Å². The molecule has 0 aliphatic rings. The van der Waals surface area contributed by atoms with Crippen LogP contribution in [0, 0.1) is 18.3 Å². The Balaban J connectivity index is 2.58. The molecule has 18 heavy (non-hydrogen) atoms. The Morgan fingerprint density at radius 1 is 1.17 bits per heavy atom. The molecule has 2 heterocycles. The molecule has 3 aromatic rings. The van der Waals surface area contributed by atoms with Crippen molar-refractivity contribution in [1.82, 2.24) is 9.97 Å². The van der Waals surface area contributed by atoms with Crippen LogP contribution in [0.3, 0.4) is 0 Å². The molecule has 0 saturated heterocycles. The Morgan fingerprint density at radius 2 is 1.94 bits per heavy atom. The molecule has 1 aromatic carbocycles. The predicted molar refractivity (Wildman–Crippen MR) is 70.9 cm³/mol. The molecular weight excluding hydrogens is 224 g/mol. The maximum Gasteiger partial charge on any atom is 0.142 e. The first-order valence-electron chi connectivity index (χ1n) is 5.56. The fraction of sp³-hybridized carbons (Fsp3) is 0.0714. The highest BCUT2D eigenvalue weighted by Gasteiger charge is 2.10. The number of aryl methyl sites for hydroxylation is 1. The van der Waals surface area contributed by atoms with Crippen molar-refractivity contribution in [3.63, 3.8) is 0 Å². The molecule has 0 atom stereocenters. The summed E-state index contributed by atoms with van der Waals surface area (Å²) in [5.74, 6) is 0.265. The molecule has 2 aromatic heterocycles. The molecule has 0 bridgehead atoms. The van der Waals surface area contributed by atoms with E-state index in [1.165, 1.54) is 0 Å². The van der Waals surface area contributed by atoms with Crippen molar-refractivity contribution in [3.8, 4) is 6.07 Å². The minimum Gasteiger partial charge on any atom is -0.383 e. The Morgan fingerprint density at radius 3 is 2.72 bits per heavy atom. The van der Waals surface area contributed by atoms with Gasteiger partial charge in [-0.25, -0.2) is 4.98 Å². The lowest BCUT2D eigenvalue weighted by Gasteiger charge is -2.07. The zero-order valence-corrected chi connectivity index (χ0v) is 9.81. The summed E-state index contributed by atoms with van der Waals surface area (Å²) in [5.41, 5.74) is 8.72. The number of hydrogen-bond donors (Lipinski definition) is 1. The lowest BCUT2D eigenvalue weighted by Crippen LogP contribution is -1.98. The Bertz CT molecular complexity index is 815. The van der Waals surface area contributed by atoms with E-state index in [4.69, 9.17) is 11.0 Å². The van der Waals surface area contributed by atoms with E-state index in [0.29, 0.717) is 5.56 Å². The molecule has 0 aliphatic carbocycles. The van der Waals surface area contributed by atoms with Crippen LogP contribution in [0.25, 0.3) is 21.8 Å². The van der Waals surface area contributed by atoms with Crippen molar-refractivity contribution in [2.45, 2.75) is 6.92 Å². The van der Waals surface area contributed by atoms with Crippen molar-refractivity contribution in [1.29, 1.82) is 5.26 Å². The number of fused-ring (bicyclic) bond motifs is 3. The molecule has 0 radical (unpaired) electrons. The van der Waals surface area contributed by atoms with Gasteiger partial charge in [-0.1, -0.05) is 18.2 Å². The van der Waals surface area contributed by atoms with Gasteiger partial charge in [0.25, 0.3) is 0 Å². The Labute approximate surface area is 104 Å². The SMILES string of the molecule is Cc1nc2ccccc2c2nc(N)c(C#N)cc12. The van der Waals surface area contributed by atoms with Crippen molar-refractivity contribution >= 4 is 27.6 Å². The van der Waals surface area contributed by atoms with E-state index in [1.54, 1.807) is 6.07 Å².